The van der Waals surface area contributed by atoms with Gasteiger partial charge in [-0.15, -0.1) is 0 Å². The van der Waals surface area contributed by atoms with Gasteiger partial charge in [0.1, 0.15) is 6.61 Å². The molecule has 98 valence electrons. The van der Waals surface area contributed by atoms with Crippen LogP contribution in [0, 0.1) is 5.41 Å². The Bertz CT molecular complexity index is 298. The van der Waals surface area contributed by atoms with Crippen LogP contribution in [0.4, 0.5) is 9.59 Å². The molecule has 0 radical (unpaired) electrons. The lowest BCUT2D eigenvalue weighted by atomic mass is 9.97. The minimum atomic E-state index is -0.876. The van der Waals surface area contributed by atoms with E-state index in [0.717, 1.165) is 0 Å². The molecule has 0 saturated carbocycles. The molecule has 0 bridgehead atoms. The van der Waals surface area contributed by atoms with Crippen molar-refractivity contribution >= 4 is 18.0 Å². The van der Waals surface area contributed by atoms with Crippen molar-refractivity contribution in [3.8, 4) is 0 Å². The molecule has 0 unspecified atom stereocenters. The fraction of sp³-hybridized carbons (Fsp3) is 0.667. The van der Waals surface area contributed by atoms with E-state index < -0.39 is 17.5 Å². The number of nitrogens with two attached hydrogens (primary N) is 1. The summed E-state index contributed by atoms with van der Waals surface area (Å²) in [5, 5.41) is 2.35. The zero-order chi connectivity index (χ0) is 13.5. The summed E-state index contributed by atoms with van der Waals surface area (Å²) < 4.78 is 4.89. The Hall–Kier alpha value is -1.99. The highest BCUT2D eigenvalue weighted by Gasteiger charge is 2.22. The maximum Gasteiger partial charge on any atom is 0.333 e. The molecule has 0 aromatic rings. The molecular formula is C9H18N4O4. The summed E-state index contributed by atoms with van der Waals surface area (Å²) in [5.74, 6) is -0.352. The van der Waals surface area contributed by atoms with E-state index in [4.69, 9.17) is 10.5 Å². The highest BCUT2D eigenvalue weighted by molar-refractivity contribution is 5.79. The molecule has 0 heterocycles. The van der Waals surface area contributed by atoms with Gasteiger partial charge in [-0.05, 0) is 20.8 Å². The standard InChI is InChI=1S/C9H18N4O4/c1-9(2,3)6(14)17-5-4-11-8(16)13-12-7(10)15/h4-5H2,1-3H3,(H3,10,12,15)(H2,11,13,16). The van der Waals surface area contributed by atoms with Gasteiger partial charge in [0.2, 0.25) is 0 Å². The van der Waals surface area contributed by atoms with Gasteiger partial charge < -0.3 is 15.8 Å². The van der Waals surface area contributed by atoms with Crippen molar-refractivity contribution in [3.05, 3.63) is 0 Å². The molecular weight excluding hydrogens is 228 g/mol. The van der Waals surface area contributed by atoms with Crippen LogP contribution in [-0.4, -0.2) is 31.2 Å². The van der Waals surface area contributed by atoms with Crippen LogP contribution in [0.2, 0.25) is 0 Å². The van der Waals surface area contributed by atoms with E-state index in [0.29, 0.717) is 0 Å². The summed E-state index contributed by atoms with van der Waals surface area (Å²) in [6, 6.07) is -1.52. The summed E-state index contributed by atoms with van der Waals surface area (Å²) in [4.78, 5) is 32.5. The number of amides is 4. The van der Waals surface area contributed by atoms with Crippen LogP contribution in [0.1, 0.15) is 20.8 Å². The van der Waals surface area contributed by atoms with E-state index in [-0.39, 0.29) is 19.1 Å². The number of esters is 1. The first-order valence-corrected chi connectivity index (χ1v) is 5.00. The first-order chi connectivity index (χ1) is 7.73. The number of nitrogens with one attached hydrogen (secondary N) is 3. The van der Waals surface area contributed by atoms with Gasteiger partial charge >= 0.3 is 18.0 Å². The predicted octanol–water partition coefficient (Wildman–Crippen LogP) is -0.542. The van der Waals surface area contributed by atoms with E-state index in [1.807, 2.05) is 10.9 Å². The van der Waals surface area contributed by atoms with E-state index >= 15 is 0 Å². The highest BCUT2D eigenvalue weighted by Crippen LogP contribution is 2.14. The summed E-state index contributed by atoms with van der Waals surface area (Å²) >= 11 is 0. The third-order valence-electron chi connectivity index (χ3n) is 1.53. The lowest BCUT2D eigenvalue weighted by Gasteiger charge is -2.16. The molecule has 8 heteroatoms. The molecule has 5 N–H and O–H groups in total. The third-order valence-corrected chi connectivity index (χ3v) is 1.53. The fourth-order valence-corrected chi connectivity index (χ4v) is 0.687. The number of primary amides is 1. The van der Waals surface area contributed by atoms with Gasteiger partial charge in [-0.25, -0.2) is 20.4 Å². The van der Waals surface area contributed by atoms with Gasteiger partial charge in [-0.2, -0.15) is 0 Å². The number of rotatable bonds is 3. The van der Waals surface area contributed by atoms with E-state index in [1.165, 1.54) is 0 Å². The maximum atomic E-state index is 11.3. The van der Waals surface area contributed by atoms with E-state index in [2.05, 4.69) is 5.32 Å². The van der Waals surface area contributed by atoms with Crippen LogP contribution in [0.5, 0.6) is 0 Å². The van der Waals surface area contributed by atoms with Gasteiger partial charge in [0, 0.05) is 0 Å². The second-order valence-electron chi connectivity index (χ2n) is 4.26. The minimum absolute atomic E-state index is 0.0556. The molecule has 17 heavy (non-hydrogen) atoms. The molecule has 0 aliphatic heterocycles. The number of carbonyl (C=O) groups is 3. The molecule has 8 nitrogen and oxygen atoms in total. The second-order valence-corrected chi connectivity index (χ2v) is 4.26. The first-order valence-electron chi connectivity index (χ1n) is 5.00. The Balaban J connectivity index is 3.62. The molecule has 0 saturated heterocycles. The number of carbonyl (C=O) groups excluding carboxylic acids is 3. The maximum absolute atomic E-state index is 11.3. The normalized spacial score (nSPS) is 10.3. The zero-order valence-electron chi connectivity index (χ0n) is 10.1. The molecule has 0 aromatic heterocycles. The van der Waals surface area contributed by atoms with Gasteiger partial charge in [0.05, 0.1) is 12.0 Å². The number of hydrazine groups is 1. The Morgan fingerprint density at radius 2 is 1.76 bits per heavy atom. The molecule has 0 spiro atoms. The van der Waals surface area contributed by atoms with Crippen molar-refractivity contribution in [2.75, 3.05) is 13.2 Å². The van der Waals surface area contributed by atoms with Crippen LogP contribution in [0.15, 0.2) is 0 Å². The van der Waals surface area contributed by atoms with Crippen molar-refractivity contribution in [2.45, 2.75) is 20.8 Å². The van der Waals surface area contributed by atoms with Gasteiger partial charge in [0.25, 0.3) is 0 Å². The predicted molar refractivity (Wildman–Crippen MR) is 59.7 cm³/mol. The van der Waals surface area contributed by atoms with Gasteiger partial charge in [-0.1, -0.05) is 0 Å². The van der Waals surface area contributed by atoms with Crippen molar-refractivity contribution in [3.63, 3.8) is 0 Å². The monoisotopic (exact) mass is 246 g/mol. The Kier molecular flexibility index (Phi) is 5.79. The summed E-state index contributed by atoms with van der Waals surface area (Å²) in [7, 11) is 0. The lowest BCUT2D eigenvalue weighted by molar-refractivity contribution is -0.152. The van der Waals surface area contributed by atoms with Gasteiger partial charge in [-0.3, -0.25) is 4.79 Å². The van der Waals surface area contributed by atoms with Crippen LogP contribution in [0.25, 0.3) is 0 Å². The molecule has 0 fully saturated rings. The number of hydrogen-bond donors (Lipinski definition) is 4. The van der Waals surface area contributed by atoms with Crippen molar-refractivity contribution in [1.29, 1.82) is 0 Å². The third kappa shape index (κ3) is 7.88. The Morgan fingerprint density at radius 3 is 2.24 bits per heavy atom. The fourth-order valence-electron chi connectivity index (χ4n) is 0.687. The van der Waals surface area contributed by atoms with E-state index in [1.54, 1.807) is 20.8 Å². The van der Waals surface area contributed by atoms with Crippen molar-refractivity contribution < 1.29 is 19.1 Å². The second kappa shape index (κ2) is 6.56. The summed E-state index contributed by atoms with van der Waals surface area (Å²) in [6.07, 6.45) is 0. The quantitative estimate of drug-likeness (QED) is 0.303. The number of hydrogen-bond acceptors (Lipinski definition) is 4. The first kappa shape index (κ1) is 15.0. The minimum Gasteiger partial charge on any atom is -0.463 e. The van der Waals surface area contributed by atoms with Crippen LogP contribution in [-0.2, 0) is 9.53 Å². The SMILES string of the molecule is CC(C)(C)C(=O)OCCNC(=O)NNC(N)=O. The smallest absolute Gasteiger partial charge is 0.333 e. The molecule has 0 aliphatic rings. The largest absolute Gasteiger partial charge is 0.463 e. The molecule has 0 aromatic carbocycles. The average Bonchev–Trinajstić information content (AvgIpc) is 2.19. The summed E-state index contributed by atoms with van der Waals surface area (Å²) in [6.45, 7) is 5.37. The lowest BCUT2D eigenvalue weighted by Crippen LogP contribution is -2.49. The van der Waals surface area contributed by atoms with Crippen LogP contribution < -0.4 is 21.9 Å². The molecule has 0 rings (SSSR count). The van der Waals surface area contributed by atoms with E-state index in [9.17, 15) is 14.4 Å². The van der Waals surface area contributed by atoms with Crippen LogP contribution in [0.3, 0.4) is 0 Å². The van der Waals surface area contributed by atoms with Crippen molar-refractivity contribution in [1.82, 2.24) is 16.2 Å². The van der Waals surface area contributed by atoms with Crippen LogP contribution >= 0.6 is 0 Å². The zero-order valence-corrected chi connectivity index (χ0v) is 10.1. The molecule has 0 aliphatic carbocycles. The number of ether oxygens (including phenoxy) is 1. The van der Waals surface area contributed by atoms with Crippen molar-refractivity contribution in [2.24, 2.45) is 11.1 Å². The molecule has 0 atom stereocenters. The number of urea groups is 2. The topological polar surface area (TPSA) is 123 Å². The Labute approximate surface area is 99.2 Å². The highest BCUT2D eigenvalue weighted by atomic mass is 16.5. The molecule has 4 amide bonds. The summed E-state index contributed by atoms with van der Waals surface area (Å²) in [5.41, 5.74) is 8.02. The Morgan fingerprint density at radius 1 is 1.18 bits per heavy atom. The average molecular weight is 246 g/mol. The van der Waals surface area contributed by atoms with Gasteiger partial charge in [0.15, 0.2) is 0 Å².